The van der Waals surface area contributed by atoms with E-state index in [0.29, 0.717) is 22.6 Å². The highest BCUT2D eigenvalue weighted by Crippen LogP contribution is 2.30. The lowest BCUT2D eigenvalue weighted by atomic mass is 10.0. The van der Waals surface area contributed by atoms with Crippen LogP contribution in [-0.2, 0) is 0 Å². The SMILES string of the molecule is CC(=O)n1c2ccccc2c2nnc(-c3nnc(-c4ccccc4)c(-c4ccccc4)n3)nc21. The molecule has 0 unspecified atom stereocenters. The number of fused-ring (bicyclic) bond motifs is 3. The highest BCUT2D eigenvalue weighted by molar-refractivity contribution is 6.10. The molecule has 3 heterocycles. The Morgan fingerprint density at radius 3 is 1.94 bits per heavy atom. The molecule has 0 aliphatic carbocycles. The zero-order chi connectivity index (χ0) is 23.1. The molecule has 0 saturated heterocycles. The first-order valence-corrected chi connectivity index (χ1v) is 10.7. The minimum absolute atomic E-state index is 0.166. The number of carbonyl (C=O) groups is 1. The Balaban J connectivity index is 1.58. The number of aromatic nitrogens is 7. The summed E-state index contributed by atoms with van der Waals surface area (Å²) in [5, 5.41) is 18.3. The Labute approximate surface area is 194 Å². The van der Waals surface area contributed by atoms with Gasteiger partial charge in [-0.15, -0.1) is 20.4 Å². The van der Waals surface area contributed by atoms with E-state index >= 15 is 0 Å². The van der Waals surface area contributed by atoms with E-state index in [2.05, 4.69) is 25.4 Å². The van der Waals surface area contributed by atoms with Gasteiger partial charge < -0.3 is 0 Å². The maximum atomic E-state index is 12.5. The molecule has 3 aromatic carbocycles. The molecule has 34 heavy (non-hydrogen) atoms. The van der Waals surface area contributed by atoms with Crippen LogP contribution in [-0.4, -0.2) is 40.8 Å². The molecule has 0 saturated carbocycles. The summed E-state index contributed by atoms with van der Waals surface area (Å²) in [5.41, 5.74) is 4.80. The third-order valence-electron chi connectivity index (χ3n) is 5.58. The van der Waals surface area contributed by atoms with Gasteiger partial charge in [-0.25, -0.2) is 9.97 Å². The summed E-state index contributed by atoms with van der Waals surface area (Å²) in [7, 11) is 0. The molecule has 0 N–H and O–H groups in total. The minimum Gasteiger partial charge on any atom is -0.274 e. The molecule has 0 aliphatic rings. The van der Waals surface area contributed by atoms with Crippen molar-refractivity contribution in [1.29, 1.82) is 0 Å². The van der Waals surface area contributed by atoms with Crippen LogP contribution in [0.25, 0.3) is 56.2 Å². The van der Waals surface area contributed by atoms with Gasteiger partial charge in [0, 0.05) is 23.4 Å². The predicted molar refractivity (Wildman–Crippen MR) is 129 cm³/mol. The van der Waals surface area contributed by atoms with Crippen LogP contribution in [0.1, 0.15) is 11.7 Å². The minimum atomic E-state index is -0.166. The summed E-state index contributed by atoms with van der Waals surface area (Å²) in [6, 6.07) is 27.1. The largest absolute Gasteiger partial charge is 0.274 e. The first-order valence-electron chi connectivity index (χ1n) is 10.7. The normalized spacial score (nSPS) is 11.2. The molecule has 0 aliphatic heterocycles. The smallest absolute Gasteiger partial charge is 0.229 e. The second-order valence-corrected chi connectivity index (χ2v) is 7.74. The van der Waals surface area contributed by atoms with Crippen LogP contribution in [0.4, 0.5) is 0 Å². The fraction of sp³-hybridized carbons (Fsp3) is 0.0385. The Kier molecular flexibility index (Phi) is 4.62. The zero-order valence-electron chi connectivity index (χ0n) is 18.1. The standard InChI is InChI=1S/C26H17N7O/c1-16(34)33-20-15-9-8-14-19(20)23-26(33)28-25(32-30-23)24-27-21(17-10-4-2-5-11-17)22(29-31-24)18-12-6-3-7-13-18/h2-15H,1H3. The van der Waals surface area contributed by atoms with Crippen molar-refractivity contribution in [2.75, 3.05) is 0 Å². The lowest BCUT2D eigenvalue weighted by molar-refractivity contribution is 0.0945. The molecule has 0 spiro atoms. The summed E-state index contributed by atoms with van der Waals surface area (Å²) in [6.45, 7) is 1.49. The van der Waals surface area contributed by atoms with Crippen molar-refractivity contribution in [3.63, 3.8) is 0 Å². The zero-order valence-corrected chi connectivity index (χ0v) is 18.1. The van der Waals surface area contributed by atoms with Crippen LogP contribution >= 0.6 is 0 Å². The van der Waals surface area contributed by atoms with Crippen molar-refractivity contribution < 1.29 is 4.79 Å². The molecule has 0 bridgehead atoms. The second kappa shape index (κ2) is 7.93. The van der Waals surface area contributed by atoms with E-state index in [1.807, 2.05) is 84.9 Å². The molecule has 6 rings (SSSR count). The van der Waals surface area contributed by atoms with Crippen LogP contribution in [0, 0.1) is 0 Å². The molecule has 0 radical (unpaired) electrons. The van der Waals surface area contributed by atoms with Crippen LogP contribution in [0.3, 0.4) is 0 Å². The molecule has 0 amide bonds. The van der Waals surface area contributed by atoms with Crippen molar-refractivity contribution in [3.8, 4) is 34.2 Å². The fourth-order valence-electron chi connectivity index (χ4n) is 4.05. The maximum absolute atomic E-state index is 12.5. The van der Waals surface area contributed by atoms with Crippen LogP contribution in [0.2, 0.25) is 0 Å². The molecular weight excluding hydrogens is 426 g/mol. The lowest BCUT2D eigenvalue weighted by Gasteiger charge is -2.09. The molecule has 162 valence electrons. The highest BCUT2D eigenvalue weighted by atomic mass is 16.1. The number of para-hydroxylation sites is 1. The Bertz CT molecular complexity index is 1680. The van der Waals surface area contributed by atoms with E-state index < -0.39 is 0 Å². The molecule has 0 fully saturated rings. The number of benzene rings is 3. The van der Waals surface area contributed by atoms with E-state index in [0.717, 1.165) is 22.0 Å². The second-order valence-electron chi connectivity index (χ2n) is 7.74. The van der Waals surface area contributed by atoms with E-state index in [-0.39, 0.29) is 17.6 Å². The van der Waals surface area contributed by atoms with Crippen LogP contribution < -0.4 is 0 Å². The molecule has 6 aromatic rings. The van der Waals surface area contributed by atoms with Gasteiger partial charge in [0.1, 0.15) is 16.9 Å². The number of hydrogen-bond donors (Lipinski definition) is 0. The average molecular weight is 443 g/mol. The molecular formula is C26H17N7O. The first kappa shape index (κ1) is 19.8. The van der Waals surface area contributed by atoms with Crippen LogP contribution in [0.5, 0.6) is 0 Å². The monoisotopic (exact) mass is 443 g/mol. The summed E-state index contributed by atoms with van der Waals surface area (Å²) in [6.07, 6.45) is 0. The van der Waals surface area contributed by atoms with Gasteiger partial charge in [0.15, 0.2) is 5.65 Å². The fourth-order valence-corrected chi connectivity index (χ4v) is 4.05. The third kappa shape index (κ3) is 3.20. The van der Waals surface area contributed by atoms with Gasteiger partial charge in [-0.2, -0.15) is 0 Å². The van der Waals surface area contributed by atoms with Crippen LogP contribution in [0.15, 0.2) is 84.9 Å². The van der Waals surface area contributed by atoms with E-state index in [4.69, 9.17) is 4.98 Å². The van der Waals surface area contributed by atoms with Crippen molar-refractivity contribution in [3.05, 3.63) is 84.9 Å². The topological polar surface area (TPSA) is 99.3 Å². The van der Waals surface area contributed by atoms with Gasteiger partial charge in [0.25, 0.3) is 0 Å². The van der Waals surface area contributed by atoms with Crippen molar-refractivity contribution >= 4 is 28.0 Å². The van der Waals surface area contributed by atoms with Crippen molar-refractivity contribution in [2.45, 2.75) is 6.92 Å². The first-order chi connectivity index (χ1) is 16.7. The third-order valence-corrected chi connectivity index (χ3v) is 5.58. The lowest BCUT2D eigenvalue weighted by Crippen LogP contribution is -2.08. The Hall–Kier alpha value is -4.85. The predicted octanol–water partition coefficient (Wildman–Crippen LogP) is 4.83. The molecule has 8 nitrogen and oxygen atoms in total. The Morgan fingerprint density at radius 1 is 0.647 bits per heavy atom. The molecule has 3 aromatic heterocycles. The summed E-state index contributed by atoms with van der Waals surface area (Å²) in [5.74, 6) is 0.261. The van der Waals surface area contributed by atoms with E-state index in [1.165, 1.54) is 11.5 Å². The van der Waals surface area contributed by atoms with Gasteiger partial charge in [-0.05, 0) is 6.07 Å². The summed E-state index contributed by atoms with van der Waals surface area (Å²) < 4.78 is 1.53. The van der Waals surface area contributed by atoms with E-state index in [1.54, 1.807) is 0 Å². The maximum Gasteiger partial charge on any atom is 0.229 e. The number of nitrogens with zero attached hydrogens (tertiary/aromatic N) is 7. The molecule has 0 atom stereocenters. The van der Waals surface area contributed by atoms with Crippen molar-refractivity contribution in [2.24, 2.45) is 0 Å². The molecule has 8 heteroatoms. The number of carbonyl (C=O) groups excluding carboxylic acids is 1. The number of hydrogen-bond acceptors (Lipinski definition) is 7. The van der Waals surface area contributed by atoms with Gasteiger partial charge in [-0.3, -0.25) is 9.36 Å². The van der Waals surface area contributed by atoms with Gasteiger partial charge >= 0.3 is 0 Å². The highest BCUT2D eigenvalue weighted by Gasteiger charge is 2.20. The average Bonchev–Trinajstić information content (AvgIpc) is 3.23. The van der Waals surface area contributed by atoms with Gasteiger partial charge in [0.05, 0.1) is 5.52 Å². The number of rotatable bonds is 3. The van der Waals surface area contributed by atoms with E-state index in [9.17, 15) is 4.79 Å². The quantitative estimate of drug-likeness (QED) is 0.386. The van der Waals surface area contributed by atoms with Gasteiger partial charge in [0.2, 0.25) is 17.6 Å². The van der Waals surface area contributed by atoms with Crippen molar-refractivity contribution in [1.82, 2.24) is 34.9 Å². The Morgan fingerprint density at radius 2 is 1.24 bits per heavy atom. The van der Waals surface area contributed by atoms with Gasteiger partial charge in [-0.1, -0.05) is 78.9 Å². The summed E-state index contributed by atoms with van der Waals surface area (Å²) in [4.78, 5) is 21.9. The summed E-state index contributed by atoms with van der Waals surface area (Å²) >= 11 is 0.